The molecule has 0 bridgehead atoms. The fourth-order valence-electron chi connectivity index (χ4n) is 1.37. The number of hydrogen-bond donors (Lipinski definition) is 1. The van der Waals surface area contributed by atoms with Gasteiger partial charge >= 0.3 is 0 Å². The molecule has 0 spiro atoms. The van der Waals surface area contributed by atoms with Crippen molar-refractivity contribution >= 4 is 5.57 Å². The third kappa shape index (κ3) is 1.64. The summed E-state index contributed by atoms with van der Waals surface area (Å²) in [7, 11) is 0. The van der Waals surface area contributed by atoms with Crippen LogP contribution in [0.25, 0.3) is 5.57 Å². The molecule has 0 radical (unpaired) electrons. The first kappa shape index (κ1) is 8.52. The van der Waals surface area contributed by atoms with Gasteiger partial charge in [0.05, 0.1) is 5.57 Å². The summed E-state index contributed by atoms with van der Waals surface area (Å²) in [5.74, 6) is 0. The second-order valence-electron chi connectivity index (χ2n) is 3.00. The molecule has 2 rings (SSSR count). The molecule has 1 aromatic rings. The fraction of sp³-hybridized carbons (Fsp3) is 0.0909. The molecular weight excluding hydrogens is 174 g/mol. The Kier molecular flexibility index (Phi) is 2.28. The van der Waals surface area contributed by atoms with Gasteiger partial charge in [0.15, 0.2) is 0 Å². The van der Waals surface area contributed by atoms with Crippen molar-refractivity contribution in [2.75, 3.05) is 6.54 Å². The zero-order valence-electron chi connectivity index (χ0n) is 7.57. The smallest absolute Gasteiger partial charge is 0.101 e. The van der Waals surface area contributed by atoms with E-state index in [9.17, 15) is 0 Å². The molecule has 0 saturated heterocycles. The van der Waals surface area contributed by atoms with Gasteiger partial charge in [-0.15, -0.1) is 0 Å². The Hall–Kier alpha value is -2.08. The van der Waals surface area contributed by atoms with Crippen molar-refractivity contribution < 1.29 is 0 Å². The number of hydrogen-bond acceptors (Lipinski definition) is 3. The van der Waals surface area contributed by atoms with E-state index in [4.69, 9.17) is 5.26 Å². The number of aromatic nitrogens is 1. The predicted molar refractivity (Wildman–Crippen MR) is 53.9 cm³/mol. The molecule has 1 aliphatic heterocycles. The zero-order chi connectivity index (χ0) is 9.80. The van der Waals surface area contributed by atoms with Crippen LogP contribution in [0.4, 0.5) is 0 Å². The second kappa shape index (κ2) is 3.75. The highest BCUT2D eigenvalue weighted by atomic mass is 14.8. The van der Waals surface area contributed by atoms with E-state index in [-0.39, 0.29) is 0 Å². The van der Waals surface area contributed by atoms with Gasteiger partial charge < -0.3 is 5.32 Å². The second-order valence-corrected chi connectivity index (χ2v) is 3.00. The molecule has 0 fully saturated rings. The monoisotopic (exact) mass is 183 g/mol. The molecule has 0 aromatic carbocycles. The van der Waals surface area contributed by atoms with Crippen LogP contribution >= 0.6 is 0 Å². The number of nitrogens with zero attached hydrogens (tertiary/aromatic N) is 2. The van der Waals surface area contributed by atoms with Gasteiger partial charge in [0, 0.05) is 25.1 Å². The summed E-state index contributed by atoms with van der Waals surface area (Å²) < 4.78 is 0. The lowest BCUT2D eigenvalue weighted by atomic mass is 10.0. The lowest BCUT2D eigenvalue weighted by molar-refractivity contribution is 0.976. The zero-order valence-corrected chi connectivity index (χ0v) is 7.57. The largest absolute Gasteiger partial charge is 0.386 e. The highest BCUT2D eigenvalue weighted by molar-refractivity contribution is 5.71. The molecule has 0 aliphatic carbocycles. The molecule has 3 heteroatoms. The molecule has 68 valence electrons. The van der Waals surface area contributed by atoms with E-state index in [0.29, 0.717) is 5.57 Å². The summed E-state index contributed by atoms with van der Waals surface area (Å²) in [4.78, 5) is 3.95. The Morgan fingerprint density at radius 2 is 2.14 bits per heavy atom. The van der Waals surface area contributed by atoms with Gasteiger partial charge in [-0.25, -0.2) is 0 Å². The summed E-state index contributed by atoms with van der Waals surface area (Å²) in [6.07, 6.45) is 7.12. The lowest BCUT2D eigenvalue weighted by Gasteiger charge is -2.12. The van der Waals surface area contributed by atoms with Crippen molar-refractivity contribution in [2.24, 2.45) is 0 Å². The Morgan fingerprint density at radius 1 is 1.36 bits per heavy atom. The van der Waals surface area contributed by atoms with E-state index in [1.165, 1.54) is 0 Å². The van der Waals surface area contributed by atoms with Crippen molar-refractivity contribution in [1.82, 2.24) is 10.3 Å². The van der Waals surface area contributed by atoms with E-state index < -0.39 is 0 Å². The molecule has 2 heterocycles. The summed E-state index contributed by atoms with van der Waals surface area (Å²) >= 11 is 0. The molecule has 0 amide bonds. The predicted octanol–water partition coefficient (Wildman–Crippen LogP) is 1.48. The van der Waals surface area contributed by atoms with E-state index in [1.807, 2.05) is 18.2 Å². The maximum atomic E-state index is 8.74. The first-order valence-electron chi connectivity index (χ1n) is 4.35. The van der Waals surface area contributed by atoms with Crippen LogP contribution in [0, 0.1) is 11.3 Å². The summed E-state index contributed by atoms with van der Waals surface area (Å²) in [6, 6.07) is 5.99. The standard InChI is InChI=1S/C11H9N3/c12-6-9-5-11(8-14-7-9)10-1-3-13-4-2-10/h1-5,7,14H,8H2. The van der Waals surface area contributed by atoms with Gasteiger partial charge in [0.2, 0.25) is 0 Å². The molecule has 0 unspecified atom stereocenters. The normalized spacial score (nSPS) is 14.8. The summed E-state index contributed by atoms with van der Waals surface area (Å²) in [5, 5.41) is 11.8. The van der Waals surface area contributed by atoms with Gasteiger partial charge in [-0.2, -0.15) is 5.26 Å². The summed E-state index contributed by atoms with van der Waals surface area (Å²) in [5.41, 5.74) is 2.88. The van der Waals surface area contributed by atoms with Crippen LogP contribution in [-0.2, 0) is 0 Å². The van der Waals surface area contributed by atoms with Crippen LogP contribution in [0.1, 0.15) is 5.56 Å². The van der Waals surface area contributed by atoms with Crippen LogP contribution in [0.5, 0.6) is 0 Å². The van der Waals surface area contributed by atoms with Gasteiger partial charge in [0.1, 0.15) is 6.07 Å². The number of dihydropyridines is 1. The Bertz CT molecular complexity index is 424. The third-order valence-corrected chi connectivity index (χ3v) is 2.06. The number of nitriles is 1. The molecule has 1 aliphatic rings. The Labute approximate surface area is 82.4 Å². The molecule has 1 N–H and O–H groups in total. The van der Waals surface area contributed by atoms with Crippen LogP contribution in [-0.4, -0.2) is 11.5 Å². The molecule has 0 saturated carbocycles. The van der Waals surface area contributed by atoms with Gasteiger partial charge in [0.25, 0.3) is 0 Å². The highest BCUT2D eigenvalue weighted by Gasteiger charge is 2.05. The van der Waals surface area contributed by atoms with Gasteiger partial charge in [-0.3, -0.25) is 4.98 Å². The summed E-state index contributed by atoms with van der Waals surface area (Å²) in [6.45, 7) is 0.759. The van der Waals surface area contributed by atoms with E-state index >= 15 is 0 Å². The fourth-order valence-corrected chi connectivity index (χ4v) is 1.37. The van der Waals surface area contributed by atoms with Crippen molar-refractivity contribution in [2.45, 2.75) is 0 Å². The number of pyridine rings is 1. The molecule has 1 aromatic heterocycles. The number of allylic oxidation sites excluding steroid dienone is 2. The SMILES string of the molecule is N#CC1=CNCC(c2ccncc2)=C1. The minimum atomic E-state index is 0.656. The van der Waals surface area contributed by atoms with Gasteiger partial charge in [-0.05, 0) is 29.3 Å². The van der Waals surface area contributed by atoms with E-state index in [0.717, 1.165) is 17.7 Å². The first-order valence-corrected chi connectivity index (χ1v) is 4.35. The number of rotatable bonds is 1. The van der Waals surface area contributed by atoms with Crippen LogP contribution in [0.3, 0.4) is 0 Å². The lowest BCUT2D eigenvalue weighted by Crippen LogP contribution is -2.13. The minimum absolute atomic E-state index is 0.656. The highest BCUT2D eigenvalue weighted by Crippen LogP contribution is 2.17. The maximum Gasteiger partial charge on any atom is 0.101 e. The first-order chi connectivity index (χ1) is 6.90. The van der Waals surface area contributed by atoms with Crippen LogP contribution in [0.2, 0.25) is 0 Å². The molecule has 14 heavy (non-hydrogen) atoms. The topological polar surface area (TPSA) is 48.7 Å². The molecule has 3 nitrogen and oxygen atoms in total. The third-order valence-electron chi connectivity index (χ3n) is 2.06. The van der Waals surface area contributed by atoms with Crippen molar-refractivity contribution in [3.8, 4) is 6.07 Å². The van der Waals surface area contributed by atoms with Crippen LogP contribution < -0.4 is 5.32 Å². The Morgan fingerprint density at radius 3 is 2.86 bits per heavy atom. The van der Waals surface area contributed by atoms with Crippen molar-refractivity contribution in [1.29, 1.82) is 5.26 Å². The van der Waals surface area contributed by atoms with E-state index in [2.05, 4.69) is 16.4 Å². The maximum absolute atomic E-state index is 8.74. The van der Waals surface area contributed by atoms with Crippen LogP contribution in [0.15, 0.2) is 42.4 Å². The Balaban J connectivity index is 2.34. The van der Waals surface area contributed by atoms with E-state index in [1.54, 1.807) is 18.6 Å². The average Bonchev–Trinajstić information content (AvgIpc) is 2.30. The molecule has 0 atom stereocenters. The minimum Gasteiger partial charge on any atom is -0.386 e. The average molecular weight is 183 g/mol. The van der Waals surface area contributed by atoms with Crippen molar-refractivity contribution in [3.05, 3.63) is 47.9 Å². The molecular formula is C11H9N3. The van der Waals surface area contributed by atoms with Crippen molar-refractivity contribution in [3.63, 3.8) is 0 Å². The van der Waals surface area contributed by atoms with Gasteiger partial charge in [-0.1, -0.05) is 0 Å². The quantitative estimate of drug-likeness (QED) is 0.717. The number of nitrogens with one attached hydrogen (secondary N) is 1.